The van der Waals surface area contributed by atoms with Crippen molar-refractivity contribution >= 4 is 23.4 Å². The Kier molecular flexibility index (Phi) is 5.58. The minimum Gasteiger partial charge on any atom is -0.482 e. The van der Waals surface area contributed by atoms with E-state index in [1.807, 2.05) is 12.1 Å². The largest absolute Gasteiger partial charge is 0.482 e. The molecule has 0 unspecified atom stereocenters. The Morgan fingerprint density at radius 2 is 1.88 bits per heavy atom. The summed E-state index contributed by atoms with van der Waals surface area (Å²) in [5.41, 5.74) is 0. The molecule has 1 aromatic carbocycles. The van der Waals surface area contributed by atoms with Crippen molar-refractivity contribution in [2.45, 2.75) is 18.9 Å². The average molecular weight is 352 g/mol. The first kappa shape index (κ1) is 17.0. The third kappa shape index (κ3) is 4.85. The molecular formula is C17H22ClN3O3. The van der Waals surface area contributed by atoms with Crippen LogP contribution in [0.1, 0.15) is 12.8 Å². The van der Waals surface area contributed by atoms with Gasteiger partial charge in [-0.1, -0.05) is 23.7 Å². The highest BCUT2D eigenvalue weighted by Crippen LogP contribution is 2.23. The molecule has 1 aliphatic carbocycles. The lowest BCUT2D eigenvalue weighted by Gasteiger charge is -2.34. The van der Waals surface area contributed by atoms with Gasteiger partial charge in [0.05, 0.1) is 11.6 Å². The van der Waals surface area contributed by atoms with Gasteiger partial charge < -0.3 is 15.0 Å². The second-order valence-electron chi connectivity index (χ2n) is 6.22. The van der Waals surface area contributed by atoms with Crippen molar-refractivity contribution in [3.05, 3.63) is 29.3 Å². The lowest BCUT2D eigenvalue weighted by atomic mass is 10.3. The van der Waals surface area contributed by atoms with E-state index in [-0.39, 0.29) is 18.4 Å². The Morgan fingerprint density at radius 3 is 2.54 bits per heavy atom. The Balaban J connectivity index is 1.38. The molecule has 0 bridgehead atoms. The molecule has 130 valence electrons. The Morgan fingerprint density at radius 1 is 1.17 bits per heavy atom. The van der Waals surface area contributed by atoms with Crippen molar-refractivity contribution in [3.8, 4) is 5.75 Å². The molecule has 24 heavy (non-hydrogen) atoms. The highest BCUT2D eigenvalue weighted by Gasteiger charge is 2.26. The van der Waals surface area contributed by atoms with Crippen molar-refractivity contribution in [2.24, 2.45) is 0 Å². The van der Waals surface area contributed by atoms with Crippen LogP contribution in [0.2, 0.25) is 5.02 Å². The summed E-state index contributed by atoms with van der Waals surface area (Å²) in [5.74, 6) is 0.541. The highest BCUT2D eigenvalue weighted by atomic mass is 35.5. The van der Waals surface area contributed by atoms with Crippen molar-refractivity contribution in [2.75, 3.05) is 39.3 Å². The van der Waals surface area contributed by atoms with Gasteiger partial charge in [0, 0.05) is 32.2 Å². The van der Waals surface area contributed by atoms with Crippen LogP contribution in [0, 0.1) is 0 Å². The van der Waals surface area contributed by atoms with Gasteiger partial charge in [-0.05, 0) is 25.0 Å². The van der Waals surface area contributed by atoms with Crippen LogP contribution in [-0.4, -0.2) is 67.0 Å². The number of amides is 2. The number of benzene rings is 1. The van der Waals surface area contributed by atoms with Gasteiger partial charge in [0.25, 0.3) is 5.91 Å². The molecule has 0 spiro atoms. The van der Waals surface area contributed by atoms with E-state index in [9.17, 15) is 9.59 Å². The zero-order chi connectivity index (χ0) is 16.9. The lowest BCUT2D eigenvalue weighted by molar-refractivity contribution is -0.135. The van der Waals surface area contributed by atoms with Gasteiger partial charge in [-0.2, -0.15) is 0 Å². The van der Waals surface area contributed by atoms with Crippen LogP contribution in [-0.2, 0) is 9.59 Å². The van der Waals surface area contributed by atoms with Gasteiger partial charge in [-0.3, -0.25) is 14.5 Å². The number of para-hydroxylation sites is 1. The maximum Gasteiger partial charge on any atom is 0.260 e. The smallest absolute Gasteiger partial charge is 0.260 e. The van der Waals surface area contributed by atoms with Crippen molar-refractivity contribution in [1.82, 2.24) is 15.1 Å². The number of piperazine rings is 1. The Labute approximate surface area is 146 Å². The van der Waals surface area contributed by atoms with Crippen LogP contribution in [0.25, 0.3) is 0 Å². The van der Waals surface area contributed by atoms with Crippen molar-refractivity contribution < 1.29 is 14.3 Å². The van der Waals surface area contributed by atoms with Gasteiger partial charge in [-0.15, -0.1) is 0 Å². The normalized spacial score (nSPS) is 18.3. The number of nitrogens with one attached hydrogen (secondary N) is 1. The molecule has 2 amide bonds. The van der Waals surface area contributed by atoms with Crippen LogP contribution in [0.4, 0.5) is 0 Å². The summed E-state index contributed by atoms with van der Waals surface area (Å²) in [6.07, 6.45) is 2.19. The number of carbonyl (C=O) groups is 2. The molecule has 1 N–H and O–H groups in total. The van der Waals surface area contributed by atoms with E-state index in [2.05, 4.69) is 10.2 Å². The predicted octanol–water partition coefficient (Wildman–Crippen LogP) is 1.14. The summed E-state index contributed by atoms with van der Waals surface area (Å²) in [6.45, 7) is 3.02. The summed E-state index contributed by atoms with van der Waals surface area (Å²) in [7, 11) is 0. The fraction of sp³-hybridized carbons (Fsp3) is 0.529. The van der Waals surface area contributed by atoms with E-state index in [4.69, 9.17) is 16.3 Å². The van der Waals surface area contributed by atoms with Crippen LogP contribution in [0.5, 0.6) is 5.75 Å². The van der Waals surface area contributed by atoms with Crippen molar-refractivity contribution in [1.29, 1.82) is 0 Å². The number of carbonyl (C=O) groups excluding carboxylic acids is 2. The monoisotopic (exact) mass is 351 g/mol. The van der Waals surface area contributed by atoms with Gasteiger partial charge in [0.15, 0.2) is 6.61 Å². The molecule has 0 atom stereocenters. The first-order chi connectivity index (χ1) is 11.6. The van der Waals surface area contributed by atoms with Gasteiger partial charge in [0.2, 0.25) is 5.91 Å². The van der Waals surface area contributed by atoms with E-state index < -0.39 is 0 Å². The number of nitrogens with zero attached hydrogens (tertiary/aromatic N) is 2. The van der Waals surface area contributed by atoms with E-state index in [1.165, 1.54) is 0 Å². The van der Waals surface area contributed by atoms with E-state index in [1.54, 1.807) is 17.0 Å². The fourth-order valence-corrected chi connectivity index (χ4v) is 2.84. The summed E-state index contributed by atoms with van der Waals surface area (Å²) in [4.78, 5) is 27.9. The third-order valence-electron chi connectivity index (χ3n) is 4.22. The van der Waals surface area contributed by atoms with Gasteiger partial charge in [-0.25, -0.2) is 0 Å². The van der Waals surface area contributed by atoms with Crippen LogP contribution in [0.15, 0.2) is 24.3 Å². The maximum absolute atomic E-state index is 12.2. The summed E-state index contributed by atoms with van der Waals surface area (Å²) in [6, 6.07) is 7.49. The molecule has 1 aromatic rings. The number of hydrogen-bond donors (Lipinski definition) is 1. The Hall–Kier alpha value is -1.79. The SMILES string of the molecule is O=C(CN1CCN(C(=O)COc2ccccc2Cl)CC1)NC1CC1. The fourth-order valence-electron chi connectivity index (χ4n) is 2.65. The number of hydrogen-bond acceptors (Lipinski definition) is 4. The summed E-state index contributed by atoms with van der Waals surface area (Å²) in [5, 5.41) is 3.48. The molecule has 0 radical (unpaired) electrons. The Bertz CT molecular complexity index is 598. The zero-order valence-corrected chi connectivity index (χ0v) is 14.3. The molecule has 0 aromatic heterocycles. The molecule has 2 fully saturated rings. The number of halogens is 1. The molecule has 1 saturated heterocycles. The van der Waals surface area contributed by atoms with E-state index >= 15 is 0 Å². The van der Waals surface area contributed by atoms with Crippen LogP contribution < -0.4 is 10.1 Å². The molecule has 1 aliphatic heterocycles. The number of rotatable bonds is 6. The van der Waals surface area contributed by atoms with Crippen LogP contribution >= 0.6 is 11.6 Å². The molecule has 3 rings (SSSR count). The molecule has 1 saturated carbocycles. The average Bonchev–Trinajstić information content (AvgIpc) is 3.38. The van der Waals surface area contributed by atoms with Crippen molar-refractivity contribution in [3.63, 3.8) is 0 Å². The molecular weight excluding hydrogens is 330 g/mol. The lowest BCUT2D eigenvalue weighted by Crippen LogP contribution is -2.52. The van der Waals surface area contributed by atoms with Gasteiger partial charge >= 0.3 is 0 Å². The summed E-state index contributed by atoms with van der Waals surface area (Å²) >= 11 is 6.01. The highest BCUT2D eigenvalue weighted by molar-refractivity contribution is 6.32. The quantitative estimate of drug-likeness (QED) is 0.835. The standard InChI is InChI=1S/C17H22ClN3O3/c18-14-3-1-2-4-15(14)24-12-17(23)21-9-7-20(8-10-21)11-16(22)19-13-5-6-13/h1-4,13H,5-12H2,(H,19,22). The number of ether oxygens (including phenoxy) is 1. The second-order valence-corrected chi connectivity index (χ2v) is 6.63. The molecule has 2 aliphatic rings. The third-order valence-corrected chi connectivity index (χ3v) is 4.53. The molecule has 6 nitrogen and oxygen atoms in total. The predicted molar refractivity (Wildman–Crippen MR) is 91.1 cm³/mol. The van der Waals surface area contributed by atoms with E-state index in [0.717, 1.165) is 12.8 Å². The first-order valence-electron chi connectivity index (χ1n) is 8.28. The maximum atomic E-state index is 12.2. The first-order valence-corrected chi connectivity index (χ1v) is 8.66. The molecule has 7 heteroatoms. The summed E-state index contributed by atoms with van der Waals surface area (Å²) < 4.78 is 5.49. The molecule has 1 heterocycles. The minimum absolute atomic E-state index is 0.0219. The van der Waals surface area contributed by atoms with Gasteiger partial charge in [0.1, 0.15) is 5.75 Å². The van der Waals surface area contributed by atoms with E-state index in [0.29, 0.717) is 49.5 Å². The second kappa shape index (κ2) is 7.85. The zero-order valence-electron chi connectivity index (χ0n) is 13.5. The van der Waals surface area contributed by atoms with Crippen LogP contribution in [0.3, 0.4) is 0 Å². The minimum atomic E-state index is -0.0583. The topological polar surface area (TPSA) is 61.9 Å².